The fraction of sp³-hybridized carbons (Fsp3) is 0.211. The highest BCUT2D eigenvalue weighted by Gasteiger charge is 2.13. The number of para-hydroxylation sites is 2. The summed E-state index contributed by atoms with van der Waals surface area (Å²) in [5, 5.41) is 2.58. The van der Waals surface area contributed by atoms with E-state index in [2.05, 4.69) is 5.32 Å². The number of amides is 2. The van der Waals surface area contributed by atoms with Crippen LogP contribution >= 0.6 is 0 Å². The van der Waals surface area contributed by atoms with Gasteiger partial charge in [0.1, 0.15) is 5.82 Å². The number of anilines is 1. The van der Waals surface area contributed by atoms with Gasteiger partial charge in [0.25, 0.3) is 0 Å². The van der Waals surface area contributed by atoms with Gasteiger partial charge in [0.2, 0.25) is 11.8 Å². The number of aromatic nitrogens is 1. The number of nitrogens with one attached hydrogen (secondary N) is 1. The lowest BCUT2D eigenvalue weighted by Crippen LogP contribution is -2.18. The molecular formula is C19H18FN3O4. The zero-order valence-corrected chi connectivity index (χ0v) is 14.6. The summed E-state index contributed by atoms with van der Waals surface area (Å²) in [4.78, 5) is 35.3. The Morgan fingerprint density at radius 2 is 2.00 bits per heavy atom. The first kappa shape index (κ1) is 18.4. The van der Waals surface area contributed by atoms with Crippen LogP contribution in [-0.4, -0.2) is 16.4 Å². The Bertz CT molecular complexity index is 1080. The zero-order valence-electron chi connectivity index (χ0n) is 14.6. The number of fused-ring (bicyclic) bond motifs is 1. The molecule has 3 rings (SSSR count). The summed E-state index contributed by atoms with van der Waals surface area (Å²) >= 11 is 0. The highest BCUT2D eigenvalue weighted by Crippen LogP contribution is 2.21. The molecule has 0 aliphatic carbocycles. The van der Waals surface area contributed by atoms with Crippen LogP contribution in [-0.2, 0) is 11.3 Å². The highest BCUT2D eigenvalue weighted by atomic mass is 19.1. The third-order valence-corrected chi connectivity index (χ3v) is 4.26. The number of carbonyl (C=O) groups excluding carboxylic acids is 2. The Morgan fingerprint density at radius 1 is 1.26 bits per heavy atom. The van der Waals surface area contributed by atoms with Gasteiger partial charge in [-0.3, -0.25) is 14.2 Å². The number of carbonyl (C=O) groups is 2. The molecule has 1 heterocycles. The molecule has 1 aromatic heterocycles. The van der Waals surface area contributed by atoms with Crippen molar-refractivity contribution < 1.29 is 18.4 Å². The van der Waals surface area contributed by atoms with Gasteiger partial charge in [-0.05, 0) is 37.6 Å². The number of hydrogen-bond donors (Lipinski definition) is 2. The number of rotatable bonds is 6. The molecule has 2 amide bonds. The Balaban J connectivity index is 1.66. The lowest BCUT2D eigenvalue weighted by atomic mass is 10.1. The van der Waals surface area contributed by atoms with Gasteiger partial charge in [0.15, 0.2) is 5.58 Å². The number of hydrogen-bond acceptors (Lipinski definition) is 4. The van der Waals surface area contributed by atoms with Crippen LogP contribution in [0.2, 0.25) is 0 Å². The number of oxazole rings is 1. The quantitative estimate of drug-likeness (QED) is 0.694. The number of aryl methyl sites for hydroxylation is 1. The van der Waals surface area contributed by atoms with Crippen LogP contribution in [0.1, 0.15) is 28.8 Å². The fourth-order valence-electron chi connectivity index (χ4n) is 2.79. The van der Waals surface area contributed by atoms with E-state index in [9.17, 15) is 18.8 Å². The molecule has 0 fully saturated rings. The summed E-state index contributed by atoms with van der Waals surface area (Å²) < 4.78 is 20.5. The first-order valence-electron chi connectivity index (χ1n) is 8.35. The Labute approximate surface area is 153 Å². The molecule has 0 aliphatic heterocycles. The standard InChI is InChI=1S/C19H18FN3O4/c1-11-13(20)9-12(18(21)25)10-14(11)22-17(24)7-4-8-23-15-5-2-3-6-16(15)27-19(23)26/h2-3,5-6,9-10H,4,7-8H2,1H3,(H2,21,25)(H,22,24). The van der Waals surface area contributed by atoms with Crippen molar-refractivity contribution in [3.8, 4) is 0 Å². The molecule has 7 nitrogen and oxygen atoms in total. The lowest BCUT2D eigenvalue weighted by molar-refractivity contribution is -0.116. The second-order valence-corrected chi connectivity index (χ2v) is 6.13. The van der Waals surface area contributed by atoms with E-state index in [4.69, 9.17) is 10.2 Å². The van der Waals surface area contributed by atoms with E-state index in [1.165, 1.54) is 17.6 Å². The number of halogens is 1. The number of primary amides is 1. The van der Waals surface area contributed by atoms with E-state index in [1.54, 1.807) is 24.3 Å². The third-order valence-electron chi connectivity index (χ3n) is 4.26. The Kier molecular flexibility index (Phi) is 5.07. The smallest absolute Gasteiger partial charge is 0.408 e. The summed E-state index contributed by atoms with van der Waals surface area (Å²) in [5.41, 5.74) is 6.70. The second kappa shape index (κ2) is 7.45. The molecule has 0 radical (unpaired) electrons. The first-order chi connectivity index (χ1) is 12.9. The average Bonchev–Trinajstić information content (AvgIpc) is 2.94. The molecule has 3 N–H and O–H groups in total. The summed E-state index contributed by atoms with van der Waals surface area (Å²) in [6, 6.07) is 9.40. The van der Waals surface area contributed by atoms with Crippen molar-refractivity contribution >= 4 is 28.6 Å². The molecule has 0 aliphatic rings. The van der Waals surface area contributed by atoms with Crippen LogP contribution in [0.4, 0.5) is 10.1 Å². The molecule has 8 heteroatoms. The molecule has 0 atom stereocenters. The van der Waals surface area contributed by atoms with E-state index < -0.39 is 17.5 Å². The molecular weight excluding hydrogens is 353 g/mol. The van der Waals surface area contributed by atoms with Crippen molar-refractivity contribution in [2.24, 2.45) is 5.73 Å². The van der Waals surface area contributed by atoms with Gasteiger partial charge in [-0.25, -0.2) is 9.18 Å². The van der Waals surface area contributed by atoms with E-state index in [-0.39, 0.29) is 29.1 Å². The Hall–Kier alpha value is -3.42. The topological polar surface area (TPSA) is 107 Å². The maximum Gasteiger partial charge on any atom is 0.419 e. The van der Waals surface area contributed by atoms with E-state index in [1.807, 2.05) is 0 Å². The van der Waals surface area contributed by atoms with Crippen molar-refractivity contribution in [2.45, 2.75) is 26.3 Å². The van der Waals surface area contributed by atoms with Crippen LogP contribution in [0.5, 0.6) is 0 Å². The number of nitrogens with zero attached hydrogens (tertiary/aromatic N) is 1. The van der Waals surface area contributed by atoms with Crippen molar-refractivity contribution in [3.63, 3.8) is 0 Å². The van der Waals surface area contributed by atoms with Crippen molar-refractivity contribution in [1.82, 2.24) is 4.57 Å². The van der Waals surface area contributed by atoms with Crippen LogP contribution in [0.3, 0.4) is 0 Å². The van der Waals surface area contributed by atoms with Gasteiger partial charge < -0.3 is 15.5 Å². The monoisotopic (exact) mass is 371 g/mol. The average molecular weight is 371 g/mol. The van der Waals surface area contributed by atoms with Crippen LogP contribution < -0.4 is 16.8 Å². The number of benzene rings is 2. The molecule has 2 aromatic carbocycles. The molecule has 3 aromatic rings. The van der Waals surface area contributed by atoms with Crippen molar-refractivity contribution in [3.05, 3.63) is 63.9 Å². The Morgan fingerprint density at radius 3 is 2.74 bits per heavy atom. The molecule has 0 saturated heterocycles. The van der Waals surface area contributed by atoms with E-state index in [0.29, 0.717) is 24.1 Å². The predicted octanol–water partition coefficient (Wildman–Crippen LogP) is 2.56. The molecule has 0 bridgehead atoms. The van der Waals surface area contributed by atoms with Crippen molar-refractivity contribution in [1.29, 1.82) is 0 Å². The SMILES string of the molecule is Cc1c(F)cc(C(N)=O)cc1NC(=O)CCCn1c(=O)oc2ccccc21. The second-order valence-electron chi connectivity index (χ2n) is 6.13. The first-order valence-corrected chi connectivity index (χ1v) is 8.35. The third kappa shape index (κ3) is 3.89. The van der Waals surface area contributed by atoms with E-state index in [0.717, 1.165) is 6.07 Å². The van der Waals surface area contributed by atoms with Crippen LogP contribution in [0, 0.1) is 12.7 Å². The minimum atomic E-state index is -0.782. The van der Waals surface area contributed by atoms with Gasteiger partial charge in [-0.15, -0.1) is 0 Å². The largest absolute Gasteiger partial charge is 0.419 e. The van der Waals surface area contributed by atoms with Crippen LogP contribution in [0.15, 0.2) is 45.6 Å². The fourth-order valence-corrected chi connectivity index (χ4v) is 2.79. The van der Waals surface area contributed by atoms with Gasteiger partial charge >= 0.3 is 5.76 Å². The number of nitrogens with two attached hydrogens (primary N) is 1. The highest BCUT2D eigenvalue weighted by molar-refractivity contribution is 5.97. The summed E-state index contributed by atoms with van der Waals surface area (Å²) in [5.74, 6) is -2.25. The van der Waals surface area contributed by atoms with Gasteiger partial charge in [0.05, 0.1) is 5.52 Å². The van der Waals surface area contributed by atoms with Gasteiger partial charge in [-0.1, -0.05) is 12.1 Å². The van der Waals surface area contributed by atoms with Crippen LogP contribution in [0.25, 0.3) is 11.1 Å². The molecule has 140 valence electrons. The summed E-state index contributed by atoms with van der Waals surface area (Å²) in [6.45, 7) is 1.80. The zero-order chi connectivity index (χ0) is 19.6. The van der Waals surface area contributed by atoms with Crippen molar-refractivity contribution in [2.75, 3.05) is 5.32 Å². The molecule has 0 saturated carbocycles. The lowest BCUT2D eigenvalue weighted by Gasteiger charge is -2.11. The maximum atomic E-state index is 13.9. The predicted molar refractivity (Wildman–Crippen MR) is 98.0 cm³/mol. The normalized spacial score (nSPS) is 10.9. The van der Waals surface area contributed by atoms with Gasteiger partial charge in [0, 0.05) is 29.8 Å². The van der Waals surface area contributed by atoms with E-state index >= 15 is 0 Å². The molecule has 0 unspecified atom stereocenters. The summed E-state index contributed by atoms with van der Waals surface area (Å²) in [7, 11) is 0. The minimum Gasteiger partial charge on any atom is -0.408 e. The molecule has 0 spiro atoms. The minimum absolute atomic E-state index is 0.0233. The maximum absolute atomic E-state index is 13.9. The summed E-state index contributed by atoms with van der Waals surface area (Å²) in [6.07, 6.45) is 0.486. The van der Waals surface area contributed by atoms with Gasteiger partial charge in [-0.2, -0.15) is 0 Å². The molecule has 27 heavy (non-hydrogen) atoms.